The van der Waals surface area contributed by atoms with Crippen molar-refractivity contribution in [3.05, 3.63) is 65.2 Å². The van der Waals surface area contributed by atoms with Crippen molar-refractivity contribution in [1.29, 1.82) is 0 Å². The van der Waals surface area contributed by atoms with Crippen LogP contribution in [0.15, 0.2) is 48.5 Å². The van der Waals surface area contributed by atoms with Crippen molar-refractivity contribution in [2.45, 2.75) is 11.8 Å². The number of hydrogen-bond acceptors (Lipinski definition) is 5. The molecule has 1 unspecified atom stereocenters. The van der Waals surface area contributed by atoms with Gasteiger partial charge in [-0.2, -0.15) is 0 Å². The van der Waals surface area contributed by atoms with Crippen LogP contribution in [0.3, 0.4) is 0 Å². The van der Waals surface area contributed by atoms with E-state index in [0.717, 1.165) is 11.3 Å². The first-order valence-corrected chi connectivity index (χ1v) is 10.6. The van der Waals surface area contributed by atoms with E-state index in [1.54, 1.807) is 31.4 Å². The SMILES string of the molecule is COc1ccc(C(CNC(=O)c2ccc(CS(C)(=O)=O)cc2)N(C)C)cc1. The van der Waals surface area contributed by atoms with Crippen molar-refractivity contribution in [1.82, 2.24) is 10.2 Å². The van der Waals surface area contributed by atoms with Gasteiger partial charge in [0.15, 0.2) is 9.84 Å². The number of likely N-dealkylation sites (N-methyl/N-ethyl adjacent to an activating group) is 1. The van der Waals surface area contributed by atoms with E-state index in [-0.39, 0.29) is 17.7 Å². The van der Waals surface area contributed by atoms with Crippen LogP contribution in [0.2, 0.25) is 0 Å². The number of carbonyl (C=O) groups excluding carboxylic acids is 1. The number of nitrogens with zero attached hydrogens (tertiary/aromatic N) is 1. The maximum Gasteiger partial charge on any atom is 0.251 e. The molecular weight excluding hydrogens is 364 g/mol. The van der Waals surface area contributed by atoms with E-state index >= 15 is 0 Å². The van der Waals surface area contributed by atoms with Crippen LogP contribution < -0.4 is 10.1 Å². The van der Waals surface area contributed by atoms with Gasteiger partial charge in [-0.1, -0.05) is 24.3 Å². The molecule has 1 N–H and O–H groups in total. The summed E-state index contributed by atoms with van der Waals surface area (Å²) in [5.41, 5.74) is 2.24. The van der Waals surface area contributed by atoms with Crippen molar-refractivity contribution in [2.75, 3.05) is 34.0 Å². The summed E-state index contributed by atoms with van der Waals surface area (Å²) in [5.74, 6) is 0.561. The molecule has 0 aromatic heterocycles. The number of hydrogen-bond donors (Lipinski definition) is 1. The maximum absolute atomic E-state index is 12.4. The highest BCUT2D eigenvalue weighted by Gasteiger charge is 2.16. The van der Waals surface area contributed by atoms with Gasteiger partial charge in [-0.05, 0) is 49.5 Å². The van der Waals surface area contributed by atoms with E-state index in [1.807, 2.05) is 43.3 Å². The molecule has 0 aliphatic heterocycles. The van der Waals surface area contributed by atoms with E-state index < -0.39 is 9.84 Å². The molecule has 1 atom stereocenters. The lowest BCUT2D eigenvalue weighted by Crippen LogP contribution is -2.34. The van der Waals surface area contributed by atoms with Gasteiger partial charge in [-0.3, -0.25) is 4.79 Å². The Balaban J connectivity index is 2.02. The smallest absolute Gasteiger partial charge is 0.251 e. The first-order valence-electron chi connectivity index (χ1n) is 8.55. The third kappa shape index (κ3) is 6.37. The minimum Gasteiger partial charge on any atom is -0.497 e. The second-order valence-corrected chi connectivity index (χ2v) is 8.87. The molecule has 1 amide bonds. The Kier molecular flexibility index (Phi) is 6.98. The fraction of sp³-hybridized carbons (Fsp3) is 0.350. The molecule has 6 nitrogen and oxygen atoms in total. The number of benzene rings is 2. The number of ether oxygens (including phenoxy) is 1. The normalized spacial score (nSPS) is 12.6. The molecule has 0 spiro atoms. The number of nitrogens with one attached hydrogen (secondary N) is 1. The molecule has 0 radical (unpaired) electrons. The number of amides is 1. The molecule has 7 heteroatoms. The fourth-order valence-electron chi connectivity index (χ4n) is 2.77. The van der Waals surface area contributed by atoms with Gasteiger partial charge in [-0.25, -0.2) is 8.42 Å². The van der Waals surface area contributed by atoms with Crippen molar-refractivity contribution >= 4 is 15.7 Å². The van der Waals surface area contributed by atoms with Gasteiger partial charge in [-0.15, -0.1) is 0 Å². The van der Waals surface area contributed by atoms with Crippen LogP contribution >= 0.6 is 0 Å². The molecule has 0 aliphatic carbocycles. The third-order valence-corrected chi connectivity index (χ3v) is 5.08. The van der Waals surface area contributed by atoms with Crippen LogP contribution in [-0.2, 0) is 15.6 Å². The molecule has 0 saturated heterocycles. The lowest BCUT2D eigenvalue weighted by molar-refractivity contribution is 0.0942. The van der Waals surface area contributed by atoms with Crippen LogP contribution in [0, 0.1) is 0 Å². The van der Waals surface area contributed by atoms with Crippen LogP contribution in [0.25, 0.3) is 0 Å². The van der Waals surface area contributed by atoms with Crippen molar-refractivity contribution in [3.63, 3.8) is 0 Å². The average Bonchev–Trinajstić information content (AvgIpc) is 2.61. The van der Waals surface area contributed by atoms with Crippen LogP contribution in [0.4, 0.5) is 0 Å². The summed E-state index contributed by atoms with van der Waals surface area (Å²) in [6.07, 6.45) is 1.19. The minimum atomic E-state index is -3.09. The molecule has 146 valence electrons. The van der Waals surface area contributed by atoms with Gasteiger partial charge in [0.25, 0.3) is 5.91 Å². The summed E-state index contributed by atoms with van der Waals surface area (Å²) < 4.78 is 27.9. The van der Waals surface area contributed by atoms with Gasteiger partial charge in [0.1, 0.15) is 5.75 Å². The highest BCUT2D eigenvalue weighted by molar-refractivity contribution is 7.89. The number of carbonyl (C=O) groups is 1. The highest BCUT2D eigenvalue weighted by Crippen LogP contribution is 2.21. The first kappa shape index (κ1) is 20.9. The molecule has 2 aromatic rings. The van der Waals surface area contributed by atoms with Crippen molar-refractivity contribution < 1.29 is 17.9 Å². The summed E-state index contributed by atoms with van der Waals surface area (Å²) in [6.45, 7) is 0.448. The minimum absolute atomic E-state index is 0.0179. The summed E-state index contributed by atoms with van der Waals surface area (Å²) >= 11 is 0. The van der Waals surface area contributed by atoms with Gasteiger partial charge in [0, 0.05) is 18.4 Å². The first-order chi connectivity index (χ1) is 12.7. The van der Waals surface area contributed by atoms with Gasteiger partial charge < -0.3 is 15.0 Å². The van der Waals surface area contributed by atoms with E-state index in [0.29, 0.717) is 17.7 Å². The third-order valence-electron chi connectivity index (χ3n) is 4.22. The van der Waals surface area contributed by atoms with Crippen LogP contribution in [0.1, 0.15) is 27.5 Å². The highest BCUT2D eigenvalue weighted by atomic mass is 32.2. The average molecular weight is 391 g/mol. The molecule has 0 saturated carbocycles. The van der Waals surface area contributed by atoms with Crippen LogP contribution in [0.5, 0.6) is 5.75 Å². The quantitative estimate of drug-likeness (QED) is 0.748. The van der Waals surface area contributed by atoms with Crippen molar-refractivity contribution in [2.24, 2.45) is 0 Å². The van der Waals surface area contributed by atoms with E-state index in [2.05, 4.69) is 5.32 Å². The molecule has 0 bridgehead atoms. The maximum atomic E-state index is 12.4. The van der Waals surface area contributed by atoms with E-state index in [1.165, 1.54) is 6.26 Å². The molecule has 0 aliphatic rings. The standard InChI is InChI=1S/C20H26N2O4S/c1-22(2)19(16-9-11-18(26-3)12-10-16)13-21-20(23)17-7-5-15(6-8-17)14-27(4,24)25/h5-12,19H,13-14H2,1-4H3,(H,21,23). The zero-order valence-electron chi connectivity index (χ0n) is 16.1. The number of rotatable bonds is 8. The fourth-order valence-corrected chi connectivity index (χ4v) is 3.57. The summed E-state index contributed by atoms with van der Waals surface area (Å²) in [4.78, 5) is 14.5. The molecule has 0 heterocycles. The Labute approximate surface area is 161 Å². The Morgan fingerprint density at radius 3 is 2.15 bits per heavy atom. The molecule has 2 aromatic carbocycles. The Hall–Kier alpha value is -2.38. The summed E-state index contributed by atoms with van der Waals surface area (Å²) in [6, 6.07) is 14.4. The monoisotopic (exact) mass is 390 g/mol. The predicted molar refractivity (Wildman–Crippen MR) is 107 cm³/mol. The van der Waals surface area contributed by atoms with Gasteiger partial charge in [0.05, 0.1) is 18.9 Å². The zero-order valence-corrected chi connectivity index (χ0v) is 16.9. The van der Waals surface area contributed by atoms with E-state index in [9.17, 15) is 13.2 Å². The second-order valence-electron chi connectivity index (χ2n) is 6.73. The molecular formula is C20H26N2O4S. The lowest BCUT2D eigenvalue weighted by Gasteiger charge is -2.25. The zero-order chi connectivity index (χ0) is 20.0. The van der Waals surface area contributed by atoms with Crippen LogP contribution in [-0.4, -0.2) is 53.2 Å². The lowest BCUT2D eigenvalue weighted by atomic mass is 10.1. The molecule has 0 fully saturated rings. The Morgan fingerprint density at radius 2 is 1.67 bits per heavy atom. The number of methoxy groups -OCH3 is 1. The second kappa shape index (κ2) is 9.01. The topological polar surface area (TPSA) is 75.7 Å². The summed E-state index contributed by atoms with van der Waals surface area (Å²) in [7, 11) is 2.45. The number of sulfone groups is 1. The Bertz CT molecular complexity index is 860. The predicted octanol–water partition coefficient (Wildman–Crippen LogP) is 2.27. The molecule has 2 rings (SSSR count). The summed E-state index contributed by atoms with van der Waals surface area (Å²) in [5, 5.41) is 2.95. The van der Waals surface area contributed by atoms with E-state index in [4.69, 9.17) is 4.74 Å². The van der Waals surface area contributed by atoms with Gasteiger partial charge in [0.2, 0.25) is 0 Å². The Morgan fingerprint density at radius 1 is 1.07 bits per heavy atom. The van der Waals surface area contributed by atoms with Crippen molar-refractivity contribution in [3.8, 4) is 5.75 Å². The largest absolute Gasteiger partial charge is 0.497 e. The van der Waals surface area contributed by atoms with Gasteiger partial charge >= 0.3 is 0 Å². The molecule has 27 heavy (non-hydrogen) atoms.